The molecule has 0 saturated carbocycles. The number of carbonyl (C=O) groups is 1. The van der Waals surface area contributed by atoms with Gasteiger partial charge in [-0.2, -0.15) is 0 Å². The number of aliphatic hydroxyl groups excluding tert-OH is 3. The highest BCUT2D eigenvalue weighted by Crippen LogP contribution is 2.40. The largest absolute Gasteiger partial charge is 0.484 e. The Morgan fingerprint density at radius 2 is 2.00 bits per heavy atom. The lowest BCUT2D eigenvalue weighted by Gasteiger charge is -2.31. The molecule has 0 spiro atoms. The van der Waals surface area contributed by atoms with E-state index in [0.29, 0.717) is 23.2 Å². The van der Waals surface area contributed by atoms with Crippen LogP contribution in [0.5, 0.6) is 5.75 Å². The zero-order chi connectivity index (χ0) is 13.3. The van der Waals surface area contributed by atoms with Crippen molar-refractivity contribution < 1.29 is 30.0 Å². The Hall–Kier alpha value is -1.47. The first-order valence-electron chi connectivity index (χ1n) is 5.43. The lowest BCUT2D eigenvalue weighted by molar-refractivity contribution is -0.145. The van der Waals surface area contributed by atoms with Gasteiger partial charge >= 0.3 is 0 Å². The molecular weight excluding hydrogens is 240 g/mol. The van der Waals surface area contributed by atoms with Gasteiger partial charge in [0, 0.05) is 11.1 Å². The number of aliphatic hydroxyl groups is 4. The Bertz CT molecular complexity index is 454. The van der Waals surface area contributed by atoms with Gasteiger partial charge in [0.1, 0.15) is 23.7 Å². The van der Waals surface area contributed by atoms with Crippen LogP contribution in [0.4, 0.5) is 0 Å². The van der Waals surface area contributed by atoms with Crippen LogP contribution in [0.1, 0.15) is 22.0 Å². The topological polar surface area (TPSA) is 107 Å². The third-order valence-corrected chi connectivity index (χ3v) is 3.11. The second kappa shape index (κ2) is 4.66. The summed E-state index contributed by atoms with van der Waals surface area (Å²) < 4.78 is 5.33. The average Bonchev–Trinajstić information content (AvgIpc) is 2.75. The lowest BCUT2D eigenvalue weighted by atomic mass is 9.92. The van der Waals surface area contributed by atoms with Gasteiger partial charge in [-0.25, -0.2) is 0 Å². The van der Waals surface area contributed by atoms with Crippen LogP contribution in [0, 0.1) is 0 Å². The van der Waals surface area contributed by atoms with Crippen molar-refractivity contribution in [3.63, 3.8) is 0 Å². The van der Waals surface area contributed by atoms with Gasteiger partial charge < -0.3 is 25.2 Å². The van der Waals surface area contributed by atoms with Crippen LogP contribution in [0.2, 0.25) is 0 Å². The van der Waals surface area contributed by atoms with E-state index in [1.807, 2.05) is 0 Å². The Kier molecular flexibility index (Phi) is 3.36. The summed E-state index contributed by atoms with van der Waals surface area (Å²) in [7, 11) is 0. The van der Waals surface area contributed by atoms with Gasteiger partial charge in [-0.1, -0.05) is 0 Å². The predicted octanol–water partition coefficient (Wildman–Crippen LogP) is -0.991. The number of hydrogen-bond acceptors (Lipinski definition) is 6. The Labute approximate surface area is 103 Å². The maximum Gasteiger partial charge on any atom is 0.162 e. The summed E-state index contributed by atoms with van der Waals surface area (Å²) in [4.78, 5) is 10.7. The molecule has 6 heteroatoms. The fraction of sp³-hybridized carbons (Fsp3) is 0.417. The molecule has 1 aromatic rings. The van der Waals surface area contributed by atoms with E-state index in [0.717, 1.165) is 0 Å². The van der Waals surface area contributed by atoms with Crippen molar-refractivity contribution in [2.24, 2.45) is 0 Å². The minimum atomic E-state index is -1.94. The molecule has 0 aliphatic carbocycles. The fourth-order valence-electron chi connectivity index (χ4n) is 1.98. The zero-order valence-electron chi connectivity index (χ0n) is 9.48. The van der Waals surface area contributed by atoms with E-state index in [4.69, 9.17) is 14.9 Å². The molecule has 0 fully saturated rings. The second-order valence-electron chi connectivity index (χ2n) is 4.32. The predicted molar refractivity (Wildman–Crippen MR) is 60.3 cm³/mol. The standard InChI is InChI=1S/C12H14O6/c13-4-7-1-2-9-8(3-7)10(16)11(18-9)12(17,5-14)6-15/h1-4,10-11,14-17H,5-6H2/t10-,11-/m0/s1. The van der Waals surface area contributed by atoms with Gasteiger partial charge in [0.15, 0.2) is 6.10 Å². The molecule has 1 aliphatic rings. The van der Waals surface area contributed by atoms with E-state index < -0.39 is 31.0 Å². The molecule has 98 valence electrons. The zero-order valence-corrected chi connectivity index (χ0v) is 9.48. The van der Waals surface area contributed by atoms with E-state index in [1.54, 1.807) is 0 Å². The first-order chi connectivity index (χ1) is 8.55. The molecule has 6 nitrogen and oxygen atoms in total. The normalized spacial score (nSPS) is 22.4. The summed E-state index contributed by atoms with van der Waals surface area (Å²) in [5.41, 5.74) is -1.22. The van der Waals surface area contributed by atoms with Crippen molar-refractivity contribution in [1.29, 1.82) is 0 Å². The SMILES string of the molecule is O=Cc1ccc2c(c1)[C@H](O)[C@@H](C(O)(CO)CO)O2. The minimum absolute atomic E-state index is 0.318. The van der Waals surface area contributed by atoms with Gasteiger partial charge in [0.2, 0.25) is 0 Å². The Morgan fingerprint density at radius 1 is 1.33 bits per heavy atom. The van der Waals surface area contributed by atoms with Crippen molar-refractivity contribution in [2.75, 3.05) is 13.2 Å². The summed E-state index contributed by atoms with van der Waals surface area (Å²) in [6.45, 7) is -1.50. The highest BCUT2D eigenvalue weighted by Gasteiger charge is 2.47. The summed E-state index contributed by atoms with van der Waals surface area (Å²) in [6.07, 6.45) is -1.77. The van der Waals surface area contributed by atoms with Gasteiger partial charge in [0.25, 0.3) is 0 Å². The van der Waals surface area contributed by atoms with Crippen molar-refractivity contribution in [1.82, 2.24) is 0 Å². The number of benzene rings is 1. The molecular formula is C12H14O6. The van der Waals surface area contributed by atoms with E-state index in [-0.39, 0.29) is 0 Å². The molecule has 0 unspecified atom stereocenters. The third-order valence-electron chi connectivity index (χ3n) is 3.11. The summed E-state index contributed by atoms with van der Waals surface area (Å²) in [6, 6.07) is 4.46. The number of rotatable bonds is 4. The Morgan fingerprint density at radius 3 is 2.56 bits per heavy atom. The fourth-order valence-corrected chi connectivity index (χ4v) is 1.98. The number of carbonyl (C=O) groups excluding carboxylic acids is 1. The number of fused-ring (bicyclic) bond motifs is 1. The molecule has 1 aromatic carbocycles. The van der Waals surface area contributed by atoms with Crippen LogP contribution in [-0.2, 0) is 0 Å². The quantitative estimate of drug-likeness (QED) is 0.514. The molecule has 2 rings (SSSR count). The molecule has 0 saturated heterocycles. The third kappa shape index (κ3) is 1.89. The maximum absolute atomic E-state index is 10.7. The number of aldehydes is 1. The minimum Gasteiger partial charge on any atom is -0.484 e. The molecule has 0 amide bonds. The second-order valence-corrected chi connectivity index (χ2v) is 4.32. The molecule has 18 heavy (non-hydrogen) atoms. The molecule has 0 radical (unpaired) electrons. The van der Waals surface area contributed by atoms with Crippen molar-refractivity contribution in [3.05, 3.63) is 29.3 Å². The van der Waals surface area contributed by atoms with Crippen molar-refractivity contribution in [2.45, 2.75) is 17.8 Å². The van der Waals surface area contributed by atoms with Crippen molar-refractivity contribution in [3.8, 4) is 5.75 Å². The smallest absolute Gasteiger partial charge is 0.162 e. The summed E-state index contributed by atoms with van der Waals surface area (Å²) in [5, 5.41) is 38.2. The van der Waals surface area contributed by atoms with Crippen LogP contribution >= 0.6 is 0 Å². The van der Waals surface area contributed by atoms with E-state index >= 15 is 0 Å². The highest BCUT2D eigenvalue weighted by molar-refractivity contribution is 5.76. The van der Waals surface area contributed by atoms with E-state index in [2.05, 4.69) is 0 Å². The maximum atomic E-state index is 10.7. The van der Waals surface area contributed by atoms with Crippen LogP contribution in [-0.4, -0.2) is 51.6 Å². The van der Waals surface area contributed by atoms with Crippen LogP contribution < -0.4 is 4.74 Å². The van der Waals surface area contributed by atoms with Crippen LogP contribution in [0.25, 0.3) is 0 Å². The van der Waals surface area contributed by atoms with Crippen LogP contribution in [0.15, 0.2) is 18.2 Å². The first kappa shape index (κ1) is 13.0. The van der Waals surface area contributed by atoms with Gasteiger partial charge in [-0.05, 0) is 18.2 Å². The monoisotopic (exact) mass is 254 g/mol. The summed E-state index contributed by atoms with van der Waals surface area (Å²) in [5.74, 6) is 0.318. The van der Waals surface area contributed by atoms with E-state index in [1.165, 1.54) is 18.2 Å². The Balaban J connectivity index is 2.35. The molecule has 1 aliphatic heterocycles. The number of ether oxygens (including phenoxy) is 1. The van der Waals surface area contributed by atoms with Crippen molar-refractivity contribution >= 4 is 6.29 Å². The van der Waals surface area contributed by atoms with Gasteiger partial charge in [-0.3, -0.25) is 4.79 Å². The highest BCUT2D eigenvalue weighted by atomic mass is 16.5. The molecule has 0 aromatic heterocycles. The van der Waals surface area contributed by atoms with Crippen LogP contribution in [0.3, 0.4) is 0 Å². The van der Waals surface area contributed by atoms with Gasteiger partial charge in [-0.15, -0.1) is 0 Å². The summed E-state index contributed by atoms with van der Waals surface area (Å²) >= 11 is 0. The average molecular weight is 254 g/mol. The number of hydrogen-bond donors (Lipinski definition) is 4. The molecule has 1 heterocycles. The molecule has 2 atom stereocenters. The lowest BCUT2D eigenvalue weighted by Crippen LogP contribution is -2.52. The van der Waals surface area contributed by atoms with Gasteiger partial charge in [0.05, 0.1) is 13.2 Å². The molecule has 4 N–H and O–H groups in total. The first-order valence-corrected chi connectivity index (χ1v) is 5.43. The molecule has 0 bridgehead atoms. The van der Waals surface area contributed by atoms with E-state index in [9.17, 15) is 15.0 Å².